The lowest BCUT2D eigenvalue weighted by molar-refractivity contribution is 0.197. The van der Waals surface area contributed by atoms with Crippen LogP contribution in [0.25, 0.3) is 21.8 Å². The first-order valence-corrected chi connectivity index (χ1v) is 10.2. The van der Waals surface area contributed by atoms with Crippen LogP contribution < -0.4 is 5.32 Å². The highest BCUT2D eigenvalue weighted by atomic mass is 35.5. The molecule has 3 aromatic rings. The fourth-order valence-electron chi connectivity index (χ4n) is 4.19. The fraction of sp³-hybridized carbons (Fsp3) is 0.429. The summed E-state index contributed by atoms with van der Waals surface area (Å²) < 4.78 is 2.41. The molecule has 0 radical (unpaired) electrons. The second kappa shape index (κ2) is 7.77. The van der Waals surface area contributed by atoms with Crippen molar-refractivity contribution in [3.05, 3.63) is 46.4 Å². The molecular weight excluding hydrogens is 365 g/mol. The minimum atomic E-state index is 0.693. The third-order valence-corrected chi connectivity index (χ3v) is 6.11. The van der Waals surface area contributed by atoms with Gasteiger partial charge in [0.05, 0.1) is 0 Å². The lowest BCUT2D eigenvalue weighted by Crippen LogP contribution is -2.41. The first-order valence-electron chi connectivity index (χ1n) is 9.42. The molecule has 0 unspecified atom stereocenters. The molecule has 1 aliphatic heterocycles. The van der Waals surface area contributed by atoms with E-state index >= 15 is 0 Å². The number of likely N-dealkylation sites (tertiary alicyclic amines) is 1. The van der Waals surface area contributed by atoms with Crippen LogP contribution in [0.3, 0.4) is 0 Å². The van der Waals surface area contributed by atoms with E-state index in [4.69, 9.17) is 23.2 Å². The molecule has 0 bridgehead atoms. The van der Waals surface area contributed by atoms with Crippen LogP contribution in [0.2, 0.25) is 10.0 Å². The van der Waals surface area contributed by atoms with Gasteiger partial charge in [-0.1, -0.05) is 23.2 Å². The van der Waals surface area contributed by atoms with Gasteiger partial charge in [0.2, 0.25) is 0 Å². The van der Waals surface area contributed by atoms with E-state index in [1.165, 1.54) is 47.7 Å². The van der Waals surface area contributed by atoms with Crippen LogP contribution in [-0.2, 0) is 6.54 Å². The van der Waals surface area contributed by atoms with Gasteiger partial charge in [0.1, 0.15) is 0 Å². The quantitative estimate of drug-likeness (QED) is 0.648. The summed E-state index contributed by atoms with van der Waals surface area (Å²) in [6.45, 7) is 4.56. The molecule has 5 heteroatoms. The summed E-state index contributed by atoms with van der Waals surface area (Å²) in [5.41, 5.74) is 2.47. The summed E-state index contributed by atoms with van der Waals surface area (Å²) >= 11 is 12.5. The highest BCUT2D eigenvalue weighted by molar-refractivity contribution is 6.33. The molecule has 4 rings (SSSR count). The number of hydrogen-bond acceptors (Lipinski definition) is 2. The summed E-state index contributed by atoms with van der Waals surface area (Å²) in [6.07, 6.45) is 3.65. The van der Waals surface area contributed by atoms with E-state index in [0.29, 0.717) is 6.04 Å². The van der Waals surface area contributed by atoms with Gasteiger partial charge in [-0.3, -0.25) is 0 Å². The highest BCUT2D eigenvalue weighted by Gasteiger charge is 2.17. The van der Waals surface area contributed by atoms with Crippen molar-refractivity contribution in [2.45, 2.75) is 31.8 Å². The summed E-state index contributed by atoms with van der Waals surface area (Å²) in [7, 11) is 2.07. The lowest BCUT2D eigenvalue weighted by Gasteiger charge is -2.31. The number of fused-ring (bicyclic) bond motifs is 3. The molecule has 0 spiro atoms. The Labute approximate surface area is 164 Å². The number of hydrogen-bond donors (Lipinski definition) is 1. The van der Waals surface area contributed by atoms with Gasteiger partial charge in [-0.15, -0.1) is 0 Å². The Hall–Kier alpha value is -1.26. The standard InChI is InChI=1S/C21H25Cl2N3/c1-24-17-7-11-25(12-8-17)9-2-10-26-20-5-3-15(22)13-18(20)19-14-16(23)4-6-21(19)26/h3-6,13-14,17,24H,2,7-12H2,1H3. The largest absolute Gasteiger partial charge is 0.340 e. The second-order valence-corrected chi connectivity index (χ2v) is 8.11. The van der Waals surface area contributed by atoms with Crippen molar-refractivity contribution in [2.24, 2.45) is 0 Å². The molecule has 1 N–H and O–H groups in total. The number of nitrogens with zero attached hydrogens (tertiary/aromatic N) is 2. The van der Waals surface area contributed by atoms with E-state index < -0.39 is 0 Å². The van der Waals surface area contributed by atoms with Crippen LogP contribution in [0.4, 0.5) is 0 Å². The lowest BCUT2D eigenvalue weighted by atomic mass is 10.1. The molecule has 0 atom stereocenters. The minimum absolute atomic E-state index is 0.693. The average molecular weight is 390 g/mol. The smallest absolute Gasteiger partial charge is 0.0492 e. The summed E-state index contributed by atoms with van der Waals surface area (Å²) in [4.78, 5) is 2.59. The molecular formula is C21H25Cl2N3. The van der Waals surface area contributed by atoms with Gasteiger partial charge < -0.3 is 14.8 Å². The Balaban J connectivity index is 1.54. The molecule has 2 heterocycles. The van der Waals surface area contributed by atoms with Gasteiger partial charge in [-0.05, 0) is 82.3 Å². The van der Waals surface area contributed by atoms with Gasteiger partial charge >= 0.3 is 0 Å². The zero-order valence-corrected chi connectivity index (χ0v) is 16.7. The van der Waals surface area contributed by atoms with Gasteiger partial charge in [0, 0.05) is 44.4 Å². The third kappa shape index (κ3) is 3.59. The first kappa shape index (κ1) is 18.1. The maximum Gasteiger partial charge on any atom is 0.0492 e. The van der Waals surface area contributed by atoms with Crippen LogP contribution in [0.5, 0.6) is 0 Å². The van der Waals surface area contributed by atoms with E-state index in [0.717, 1.165) is 29.6 Å². The number of halogens is 2. The molecule has 0 saturated carbocycles. The maximum atomic E-state index is 6.24. The van der Waals surface area contributed by atoms with E-state index in [9.17, 15) is 0 Å². The molecule has 0 aliphatic carbocycles. The van der Waals surface area contributed by atoms with Crippen LogP contribution in [-0.4, -0.2) is 42.2 Å². The molecule has 138 valence electrons. The number of benzene rings is 2. The summed E-state index contributed by atoms with van der Waals surface area (Å²) in [5.74, 6) is 0. The number of nitrogens with one attached hydrogen (secondary N) is 1. The molecule has 3 nitrogen and oxygen atoms in total. The van der Waals surface area contributed by atoms with E-state index in [1.54, 1.807) is 0 Å². The zero-order chi connectivity index (χ0) is 18.1. The van der Waals surface area contributed by atoms with Crippen LogP contribution in [0.1, 0.15) is 19.3 Å². The van der Waals surface area contributed by atoms with E-state index in [1.807, 2.05) is 12.1 Å². The summed E-state index contributed by atoms with van der Waals surface area (Å²) in [6, 6.07) is 13.0. The van der Waals surface area contributed by atoms with Gasteiger partial charge in [-0.2, -0.15) is 0 Å². The SMILES string of the molecule is CNC1CCN(CCCn2c3ccc(Cl)cc3c3cc(Cl)ccc32)CC1. The molecule has 2 aromatic carbocycles. The average Bonchev–Trinajstić information content (AvgIpc) is 2.95. The van der Waals surface area contributed by atoms with E-state index in [2.05, 4.69) is 46.1 Å². The molecule has 1 aromatic heterocycles. The predicted octanol–water partition coefficient (Wildman–Crippen LogP) is 5.18. The van der Waals surface area contributed by atoms with Gasteiger partial charge in [0.15, 0.2) is 0 Å². The summed E-state index contributed by atoms with van der Waals surface area (Å²) in [5, 5.41) is 7.31. The predicted molar refractivity (Wildman–Crippen MR) is 113 cm³/mol. The van der Waals surface area contributed by atoms with Crippen molar-refractivity contribution < 1.29 is 0 Å². The van der Waals surface area contributed by atoms with Crippen molar-refractivity contribution in [1.29, 1.82) is 0 Å². The number of aromatic nitrogens is 1. The van der Waals surface area contributed by atoms with Crippen molar-refractivity contribution in [1.82, 2.24) is 14.8 Å². The Morgan fingerprint density at radius 2 is 1.50 bits per heavy atom. The Morgan fingerprint density at radius 1 is 0.923 bits per heavy atom. The number of piperidine rings is 1. The highest BCUT2D eigenvalue weighted by Crippen LogP contribution is 2.33. The third-order valence-electron chi connectivity index (χ3n) is 5.64. The maximum absolute atomic E-state index is 6.24. The van der Waals surface area contributed by atoms with Gasteiger partial charge in [-0.25, -0.2) is 0 Å². The van der Waals surface area contributed by atoms with Crippen molar-refractivity contribution >= 4 is 45.0 Å². The van der Waals surface area contributed by atoms with Crippen LogP contribution in [0, 0.1) is 0 Å². The van der Waals surface area contributed by atoms with Crippen molar-refractivity contribution in [3.63, 3.8) is 0 Å². The Kier molecular flexibility index (Phi) is 5.42. The second-order valence-electron chi connectivity index (χ2n) is 7.23. The van der Waals surface area contributed by atoms with Crippen molar-refractivity contribution in [2.75, 3.05) is 26.7 Å². The fourth-order valence-corrected chi connectivity index (χ4v) is 4.53. The van der Waals surface area contributed by atoms with Crippen molar-refractivity contribution in [3.8, 4) is 0 Å². The molecule has 1 saturated heterocycles. The van der Waals surface area contributed by atoms with Crippen LogP contribution >= 0.6 is 23.2 Å². The minimum Gasteiger partial charge on any atom is -0.340 e. The topological polar surface area (TPSA) is 20.2 Å². The monoisotopic (exact) mass is 389 g/mol. The molecule has 1 fully saturated rings. The van der Waals surface area contributed by atoms with Crippen LogP contribution in [0.15, 0.2) is 36.4 Å². The number of rotatable bonds is 5. The molecule has 1 aliphatic rings. The molecule has 0 amide bonds. The Morgan fingerprint density at radius 3 is 2.04 bits per heavy atom. The number of aryl methyl sites for hydroxylation is 1. The first-order chi connectivity index (χ1) is 12.7. The Bertz CT molecular complexity index is 851. The van der Waals surface area contributed by atoms with E-state index in [-0.39, 0.29) is 0 Å². The molecule has 26 heavy (non-hydrogen) atoms. The zero-order valence-electron chi connectivity index (χ0n) is 15.1. The van der Waals surface area contributed by atoms with Gasteiger partial charge in [0.25, 0.3) is 0 Å². The normalized spacial score (nSPS) is 16.7.